The van der Waals surface area contributed by atoms with E-state index in [1.165, 1.54) is 5.56 Å². The summed E-state index contributed by atoms with van der Waals surface area (Å²) < 4.78 is 6.80. The van der Waals surface area contributed by atoms with E-state index in [4.69, 9.17) is 4.42 Å². The number of carbonyl (C=O) groups is 1. The summed E-state index contributed by atoms with van der Waals surface area (Å²) in [4.78, 5) is 28.8. The summed E-state index contributed by atoms with van der Waals surface area (Å²) >= 11 is 3.43. The number of nitrogens with zero attached hydrogens (tertiary/aromatic N) is 1. The Balaban J connectivity index is 1.72. The second-order valence-electron chi connectivity index (χ2n) is 7.73. The van der Waals surface area contributed by atoms with Crippen LogP contribution < -0.4 is 5.43 Å². The lowest BCUT2D eigenvalue weighted by Gasteiger charge is -2.25. The minimum absolute atomic E-state index is 0.139. The summed E-state index contributed by atoms with van der Waals surface area (Å²) in [5.41, 5.74) is 3.78. The van der Waals surface area contributed by atoms with E-state index >= 15 is 0 Å². The van der Waals surface area contributed by atoms with Crippen molar-refractivity contribution in [2.45, 2.75) is 25.9 Å². The van der Waals surface area contributed by atoms with Crippen molar-refractivity contribution < 1.29 is 9.21 Å². The number of halogens is 1. The maximum atomic E-state index is 13.6. The molecule has 0 radical (unpaired) electrons. The Morgan fingerprint density at radius 1 is 0.935 bits per heavy atom. The number of carbonyl (C=O) groups excluding carboxylic acids is 1. The molecule has 1 aliphatic heterocycles. The van der Waals surface area contributed by atoms with Gasteiger partial charge in [0.1, 0.15) is 5.58 Å². The van der Waals surface area contributed by atoms with Gasteiger partial charge in [0, 0.05) is 11.0 Å². The van der Waals surface area contributed by atoms with E-state index in [9.17, 15) is 9.59 Å². The fraction of sp³-hybridized carbons (Fsp3) is 0.154. The quantitative estimate of drug-likeness (QED) is 0.372. The number of aryl methyl sites for hydroxylation is 1. The van der Waals surface area contributed by atoms with Crippen LogP contribution >= 0.6 is 15.9 Å². The molecule has 0 bridgehead atoms. The van der Waals surface area contributed by atoms with Crippen LogP contribution in [0.25, 0.3) is 11.0 Å². The second-order valence-corrected chi connectivity index (χ2v) is 8.65. The molecule has 1 aliphatic rings. The summed E-state index contributed by atoms with van der Waals surface area (Å²) in [5, 5.41) is 0.470. The van der Waals surface area contributed by atoms with Crippen LogP contribution in [0.2, 0.25) is 0 Å². The third kappa shape index (κ3) is 3.39. The van der Waals surface area contributed by atoms with Gasteiger partial charge >= 0.3 is 0 Å². The lowest BCUT2D eigenvalue weighted by molar-refractivity contribution is 0.0714. The van der Waals surface area contributed by atoms with Crippen LogP contribution in [0.5, 0.6) is 0 Å². The first-order valence-electron chi connectivity index (χ1n) is 10.3. The molecule has 0 spiro atoms. The second kappa shape index (κ2) is 7.82. The van der Waals surface area contributed by atoms with Crippen molar-refractivity contribution in [2.75, 3.05) is 0 Å². The maximum absolute atomic E-state index is 13.6. The molecule has 1 atom stereocenters. The maximum Gasteiger partial charge on any atom is 0.291 e. The molecule has 0 N–H and O–H groups in total. The highest BCUT2D eigenvalue weighted by molar-refractivity contribution is 9.10. The Bertz CT molecular complexity index is 1340. The van der Waals surface area contributed by atoms with Crippen LogP contribution in [-0.2, 0) is 13.0 Å². The lowest BCUT2D eigenvalue weighted by Crippen LogP contribution is -2.29. The van der Waals surface area contributed by atoms with E-state index < -0.39 is 6.04 Å². The van der Waals surface area contributed by atoms with Gasteiger partial charge in [-0.05, 0) is 41.3 Å². The van der Waals surface area contributed by atoms with E-state index in [2.05, 4.69) is 35.0 Å². The van der Waals surface area contributed by atoms with Gasteiger partial charge in [-0.1, -0.05) is 77.5 Å². The topological polar surface area (TPSA) is 50.5 Å². The Labute approximate surface area is 188 Å². The molecule has 5 heteroatoms. The van der Waals surface area contributed by atoms with Crippen molar-refractivity contribution in [3.63, 3.8) is 0 Å². The number of amides is 1. The highest BCUT2D eigenvalue weighted by Gasteiger charge is 2.42. The van der Waals surface area contributed by atoms with Gasteiger partial charge in [0.25, 0.3) is 5.91 Å². The molecular formula is C26H20BrNO3. The number of rotatable bonds is 4. The Morgan fingerprint density at radius 2 is 1.68 bits per heavy atom. The first-order chi connectivity index (χ1) is 15.1. The smallest absolute Gasteiger partial charge is 0.291 e. The normalized spacial score (nSPS) is 15.5. The van der Waals surface area contributed by atoms with Gasteiger partial charge in [0.15, 0.2) is 5.43 Å². The molecule has 0 aliphatic carbocycles. The molecule has 1 amide bonds. The fourth-order valence-electron chi connectivity index (χ4n) is 4.22. The van der Waals surface area contributed by atoms with E-state index in [1.807, 2.05) is 42.5 Å². The SMILES string of the molecule is CCc1ccc([C@@H]2c3c(oc4ccc(Br)cc4c3=O)C(=O)N2Cc2ccccc2)cc1. The van der Waals surface area contributed by atoms with Crippen LogP contribution in [-0.4, -0.2) is 10.8 Å². The van der Waals surface area contributed by atoms with E-state index in [0.717, 1.165) is 22.0 Å². The van der Waals surface area contributed by atoms with E-state index in [-0.39, 0.29) is 17.1 Å². The molecule has 0 fully saturated rings. The highest BCUT2D eigenvalue weighted by atomic mass is 79.9. The number of benzene rings is 3. The number of fused-ring (bicyclic) bond motifs is 2. The predicted octanol–water partition coefficient (Wildman–Crippen LogP) is 5.86. The number of hydrogen-bond acceptors (Lipinski definition) is 3. The van der Waals surface area contributed by atoms with Crippen LogP contribution in [0.1, 0.15) is 45.8 Å². The Hall–Kier alpha value is -3.18. The molecule has 154 valence electrons. The van der Waals surface area contributed by atoms with Gasteiger partial charge in [-0.2, -0.15) is 0 Å². The first-order valence-corrected chi connectivity index (χ1v) is 11.1. The van der Waals surface area contributed by atoms with Crippen LogP contribution in [0, 0.1) is 0 Å². The summed E-state index contributed by atoms with van der Waals surface area (Å²) in [5.74, 6) is -0.120. The van der Waals surface area contributed by atoms with Crippen molar-refractivity contribution in [2.24, 2.45) is 0 Å². The molecule has 2 heterocycles. The molecule has 1 aromatic heterocycles. The van der Waals surface area contributed by atoms with Gasteiger partial charge in [0.05, 0.1) is 17.0 Å². The lowest BCUT2D eigenvalue weighted by atomic mass is 9.97. The molecule has 5 rings (SSSR count). The molecule has 0 saturated carbocycles. The van der Waals surface area contributed by atoms with Crippen LogP contribution in [0.4, 0.5) is 0 Å². The van der Waals surface area contributed by atoms with E-state index in [0.29, 0.717) is 23.1 Å². The number of hydrogen-bond donors (Lipinski definition) is 0. The molecule has 31 heavy (non-hydrogen) atoms. The summed E-state index contributed by atoms with van der Waals surface area (Å²) in [6.45, 7) is 2.49. The average Bonchev–Trinajstić information content (AvgIpc) is 3.07. The summed E-state index contributed by atoms with van der Waals surface area (Å²) in [6.07, 6.45) is 0.926. The van der Waals surface area contributed by atoms with Crippen molar-refractivity contribution >= 4 is 32.8 Å². The zero-order valence-electron chi connectivity index (χ0n) is 17.0. The van der Waals surface area contributed by atoms with Gasteiger partial charge in [-0.15, -0.1) is 0 Å². The Kier molecular flexibility index (Phi) is 4.98. The zero-order chi connectivity index (χ0) is 21.5. The van der Waals surface area contributed by atoms with Crippen LogP contribution in [0.15, 0.2) is 86.5 Å². The van der Waals surface area contributed by atoms with Crippen molar-refractivity contribution in [3.8, 4) is 0 Å². The molecule has 4 nitrogen and oxygen atoms in total. The van der Waals surface area contributed by atoms with Crippen molar-refractivity contribution in [1.29, 1.82) is 0 Å². The molecule has 4 aromatic rings. The highest BCUT2D eigenvalue weighted by Crippen LogP contribution is 2.39. The van der Waals surface area contributed by atoms with E-state index in [1.54, 1.807) is 23.1 Å². The van der Waals surface area contributed by atoms with Gasteiger partial charge in [0.2, 0.25) is 5.76 Å². The molecule has 0 saturated heterocycles. The minimum Gasteiger partial charge on any atom is -0.450 e. The average molecular weight is 474 g/mol. The van der Waals surface area contributed by atoms with Gasteiger partial charge < -0.3 is 9.32 Å². The molecular weight excluding hydrogens is 454 g/mol. The molecule has 3 aromatic carbocycles. The van der Waals surface area contributed by atoms with Gasteiger partial charge in [-0.3, -0.25) is 9.59 Å². The minimum atomic E-state index is -0.492. The zero-order valence-corrected chi connectivity index (χ0v) is 18.6. The largest absolute Gasteiger partial charge is 0.450 e. The predicted molar refractivity (Wildman–Crippen MR) is 124 cm³/mol. The van der Waals surface area contributed by atoms with Crippen LogP contribution in [0.3, 0.4) is 0 Å². The Morgan fingerprint density at radius 3 is 2.39 bits per heavy atom. The standard InChI is InChI=1S/C26H20BrNO3/c1-2-16-8-10-18(11-9-16)23-22-24(29)20-14-19(27)12-13-21(20)31-25(22)26(30)28(23)15-17-6-4-3-5-7-17/h3-14,23H,2,15H2,1H3/t23-/m1/s1. The molecule has 0 unspecified atom stereocenters. The fourth-order valence-corrected chi connectivity index (χ4v) is 4.58. The summed E-state index contributed by atoms with van der Waals surface area (Å²) in [6, 6.07) is 22.7. The van der Waals surface area contributed by atoms with Crippen molar-refractivity contribution in [3.05, 3.63) is 116 Å². The van der Waals surface area contributed by atoms with Crippen molar-refractivity contribution in [1.82, 2.24) is 4.90 Å². The third-order valence-corrected chi connectivity index (χ3v) is 6.32. The van der Waals surface area contributed by atoms with Gasteiger partial charge in [-0.25, -0.2) is 0 Å². The monoisotopic (exact) mass is 473 g/mol. The third-order valence-electron chi connectivity index (χ3n) is 5.83. The first kappa shape index (κ1) is 19.8. The summed E-state index contributed by atoms with van der Waals surface area (Å²) in [7, 11) is 0.